The van der Waals surface area contributed by atoms with Gasteiger partial charge in [-0.2, -0.15) is 0 Å². The Morgan fingerprint density at radius 1 is 1.50 bits per heavy atom. The molecule has 1 saturated carbocycles. The van der Waals surface area contributed by atoms with Gasteiger partial charge in [0.15, 0.2) is 0 Å². The smallest absolute Gasteiger partial charge is 0.0572 e. The van der Waals surface area contributed by atoms with Crippen LogP contribution < -0.4 is 0 Å². The van der Waals surface area contributed by atoms with Crippen LogP contribution in [0.15, 0.2) is 15.9 Å². The summed E-state index contributed by atoms with van der Waals surface area (Å²) in [7, 11) is 0. The second-order valence-electron chi connectivity index (χ2n) is 4.85. The molecule has 0 aliphatic heterocycles. The van der Waals surface area contributed by atoms with Crippen molar-refractivity contribution in [3.05, 3.63) is 20.8 Å². The quantitative estimate of drug-likeness (QED) is 0.885. The van der Waals surface area contributed by atoms with E-state index in [1.165, 1.54) is 28.6 Å². The summed E-state index contributed by atoms with van der Waals surface area (Å²) in [6.07, 6.45) is 5.64. The van der Waals surface area contributed by atoms with Gasteiger partial charge in [-0.05, 0) is 59.5 Å². The molecule has 1 heterocycles. The molecule has 0 bridgehead atoms. The van der Waals surface area contributed by atoms with Crippen molar-refractivity contribution < 1.29 is 5.11 Å². The lowest BCUT2D eigenvalue weighted by atomic mass is 9.77. The summed E-state index contributed by atoms with van der Waals surface area (Å²) in [4.78, 5) is 1.40. The maximum absolute atomic E-state index is 10.0. The first-order chi connectivity index (χ1) is 7.69. The Kier molecular flexibility index (Phi) is 4.45. The van der Waals surface area contributed by atoms with E-state index < -0.39 is 0 Å². The van der Waals surface area contributed by atoms with E-state index in [2.05, 4.69) is 34.3 Å². The zero-order valence-electron chi connectivity index (χ0n) is 9.66. The highest BCUT2D eigenvalue weighted by molar-refractivity contribution is 9.10. The van der Waals surface area contributed by atoms with E-state index in [1.54, 1.807) is 11.3 Å². The molecule has 0 radical (unpaired) electrons. The summed E-state index contributed by atoms with van der Waals surface area (Å²) in [5.41, 5.74) is 0. The van der Waals surface area contributed by atoms with Crippen molar-refractivity contribution in [1.82, 2.24) is 0 Å². The van der Waals surface area contributed by atoms with E-state index in [0.29, 0.717) is 5.92 Å². The van der Waals surface area contributed by atoms with E-state index >= 15 is 0 Å². The molecule has 0 amide bonds. The van der Waals surface area contributed by atoms with Crippen LogP contribution in [0.5, 0.6) is 0 Å². The third-order valence-electron chi connectivity index (χ3n) is 3.71. The molecular formula is C13H19BrOS. The highest BCUT2D eigenvalue weighted by Gasteiger charge is 2.28. The third kappa shape index (κ3) is 3.08. The molecule has 3 atom stereocenters. The summed E-state index contributed by atoms with van der Waals surface area (Å²) in [6.45, 7) is 2.27. The SMILES string of the molecule is CCC1CCC(O)C(Cc2cc(Br)cs2)C1. The monoisotopic (exact) mass is 302 g/mol. The van der Waals surface area contributed by atoms with E-state index in [9.17, 15) is 5.11 Å². The Morgan fingerprint density at radius 2 is 2.31 bits per heavy atom. The normalized spacial score (nSPS) is 30.6. The average molecular weight is 303 g/mol. The highest BCUT2D eigenvalue weighted by atomic mass is 79.9. The number of hydrogen-bond acceptors (Lipinski definition) is 2. The number of thiophene rings is 1. The standard InChI is InChI=1S/C13H19BrOS/c1-2-9-3-4-13(15)10(5-9)6-12-7-11(14)8-16-12/h7-10,13,15H,2-6H2,1H3. The van der Waals surface area contributed by atoms with Crippen LogP contribution in [0.1, 0.15) is 37.5 Å². The van der Waals surface area contributed by atoms with Crippen molar-refractivity contribution in [2.75, 3.05) is 0 Å². The predicted molar refractivity (Wildman–Crippen MR) is 72.9 cm³/mol. The zero-order valence-corrected chi connectivity index (χ0v) is 12.1. The van der Waals surface area contributed by atoms with Crippen molar-refractivity contribution in [1.29, 1.82) is 0 Å². The second-order valence-corrected chi connectivity index (χ2v) is 6.76. The minimum absolute atomic E-state index is 0.0799. The molecule has 1 aliphatic rings. The Hall–Kier alpha value is 0.140. The van der Waals surface area contributed by atoms with E-state index in [4.69, 9.17) is 0 Å². The van der Waals surface area contributed by atoms with Gasteiger partial charge in [-0.15, -0.1) is 11.3 Å². The molecule has 1 nitrogen and oxygen atoms in total. The first-order valence-corrected chi connectivity index (χ1v) is 7.77. The Balaban J connectivity index is 1.96. The number of hydrogen-bond donors (Lipinski definition) is 1. The van der Waals surface area contributed by atoms with E-state index in [1.807, 2.05) is 0 Å². The highest BCUT2D eigenvalue weighted by Crippen LogP contribution is 2.34. The Labute approximate surface area is 110 Å². The molecule has 16 heavy (non-hydrogen) atoms. The van der Waals surface area contributed by atoms with Crippen molar-refractivity contribution in [3.8, 4) is 0 Å². The van der Waals surface area contributed by atoms with Crippen LogP contribution in [0.2, 0.25) is 0 Å². The second kappa shape index (κ2) is 5.65. The fourth-order valence-electron chi connectivity index (χ4n) is 2.65. The Morgan fingerprint density at radius 3 is 2.94 bits per heavy atom. The van der Waals surface area contributed by atoms with Crippen LogP contribution in [0.3, 0.4) is 0 Å². The van der Waals surface area contributed by atoms with Gasteiger partial charge in [0.05, 0.1) is 6.10 Å². The fourth-order valence-corrected chi connectivity index (χ4v) is 4.20. The molecule has 0 saturated heterocycles. The van der Waals surface area contributed by atoms with Crippen LogP contribution in [0.4, 0.5) is 0 Å². The van der Waals surface area contributed by atoms with Crippen LogP contribution in [0.25, 0.3) is 0 Å². The molecule has 3 unspecified atom stereocenters. The molecule has 1 N–H and O–H groups in total. The van der Waals surface area contributed by atoms with Gasteiger partial charge >= 0.3 is 0 Å². The van der Waals surface area contributed by atoms with Crippen LogP contribution in [-0.2, 0) is 6.42 Å². The number of aliphatic hydroxyl groups is 1. The summed E-state index contributed by atoms with van der Waals surface area (Å²) in [6, 6.07) is 2.19. The number of rotatable bonds is 3. The molecule has 1 fully saturated rings. The van der Waals surface area contributed by atoms with Gasteiger partial charge in [0.1, 0.15) is 0 Å². The topological polar surface area (TPSA) is 20.2 Å². The van der Waals surface area contributed by atoms with Gasteiger partial charge in [0, 0.05) is 14.7 Å². The predicted octanol–water partition coefficient (Wildman–Crippen LogP) is 4.24. The van der Waals surface area contributed by atoms with Crippen molar-refractivity contribution in [2.45, 2.75) is 45.1 Å². The Bertz CT molecular complexity index is 336. The van der Waals surface area contributed by atoms with Crippen molar-refractivity contribution in [3.63, 3.8) is 0 Å². The minimum atomic E-state index is -0.0799. The van der Waals surface area contributed by atoms with E-state index in [0.717, 1.165) is 18.8 Å². The molecule has 0 aromatic carbocycles. The first-order valence-electron chi connectivity index (χ1n) is 6.10. The zero-order chi connectivity index (χ0) is 11.5. The van der Waals surface area contributed by atoms with Gasteiger partial charge in [0.2, 0.25) is 0 Å². The molecule has 2 rings (SSSR count). The van der Waals surface area contributed by atoms with Gasteiger partial charge < -0.3 is 5.11 Å². The molecule has 1 aromatic heterocycles. The summed E-state index contributed by atoms with van der Waals surface area (Å²) < 4.78 is 1.17. The number of aliphatic hydroxyl groups excluding tert-OH is 1. The summed E-state index contributed by atoms with van der Waals surface area (Å²) in [5.74, 6) is 1.31. The van der Waals surface area contributed by atoms with Gasteiger partial charge in [-0.1, -0.05) is 13.3 Å². The first kappa shape index (κ1) is 12.6. The van der Waals surface area contributed by atoms with Gasteiger partial charge in [-0.25, -0.2) is 0 Å². The molecule has 90 valence electrons. The van der Waals surface area contributed by atoms with Crippen LogP contribution in [0, 0.1) is 11.8 Å². The maximum Gasteiger partial charge on any atom is 0.0572 e. The lowest BCUT2D eigenvalue weighted by molar-refractivity contribution is 0.0479. The fraction of sp³-hybridized carbons (Fsp3) is 0.692. The van der Waals surface area contributed by atoms with Gasteiger partial charge in [0.25, 0.3) is 0 Å². The lowest BCUT2D eigenvalue weighted by Crippen LogP contribution is -2.30. The molecule has 1 aliphatic carbocycles. The maximum atomic E-state index is 10.0. The number of halogens is 1. The molecule has 1 aromatic rings. The summed E-state index contributed by atoms with van der Waals surface area (Å²) >= 11 is 5.28. The molecule has 0 spiro atoms. The van der Waals surface area contributed by atoms with Gasteiger partial charge in [-0.3, -0.25) is 0 Å². The van der Waals surface area contributed by atoms with Crippen LogP contribution >= 0.6 is 27.3 Å². The van der Waals surface area contributed by atoms with Crippen molar-refractivity contribution in [2.24, 2.45) is 11.8 Å². The van der Waals surface area contributed by atoms with Crippen molar-refractivity contribution >= 4 is 27.3 Å². The van der Waals surface area contributed by atoms with E-state index in [-0.39, 0.29) is 6.10 Å². The molecular weight excluding hydrogens is 284 g/mol. The molecule has 3 heteroatoms. The van der Waals surface area contributed by atoms with Crippen LogP contribution in [-0.4, -0.2) is 11.2 Å². The lowest BCUT2D eigenvalue weighted by Gasteiger charge is -2.32. The summed E-state index contributed by atoms with van der Waals surface area (Å²) in [5, 5.41) is 12.2. The third-order valence-corrected chi connectivity index (χ3v) is 5.43. The average Bonchev–Trinajstić information content (AvgIpc) is 2.67. The largest absolute Gasteiger partial charge is 0.393 e. The minimum Gasteiger partial charge on any atom is -0.393 e.